The van der Waals surface area contributed by atoms with Crippen LogP contribution in [-0.4, -0.2) is 91.7 Å². The molecule has 1 heterocycles. The van der Waals surface area contributed by atoms with Gasteiger partial charge in [0.1, 0.15) is 24.3 Å². The molecule has 12 nitrogen and oxygen atoms in total. The van der Waals surface area contributed by atoms with Crippen molar-refractivity contribution in [3.05, 3.63) is 83.7 Å². The van der Waals surface area contributed by atoms with Crippen LogP contribution in [0.5, 0.6) is 0 Å². The van der Waals surface area contributed by atoms with E-state index in [1.54, 1.807) is 12.3 Å². The summed E-state index contributed by atoms with van der Waals surface area (Å²) in [5.41, 5.74) is 7.26. The van der Waals surface area contributed by atoms with Crippen LogP contribution < -0.4 is 11.1 Å². The normalized spacial score (nSPS) is 13.3. The number of aromatic nitrogens is 1. The average Bonchev–Trinajstić information content (AvgIpc) is 3.43. The maximum atomic E-state index is 14.9. The van der Waals surface area contributed by atoms with Crippen LogP contribution in [0.3, 0.4) is 0 Å². The van der Waals surface area contributed by atoms with Gasteiger partial charge in [0.25, 0.3) is 0 Å². The van der Waals surface area contributed by atoms with Gasteiger partial charge < -0.3 is 40.9 Å². The highest BCUT2D eigenvalue weighted by Crippen LogP contribution is 2.41. The zero-order valence-corrected chi connectivity index (χ0v) is 27.3. The molecule has 1 aromatic heterocycles. The first-order valence-electron chi connectivity index (χ1n) is 15.0. The van der Waals surface area contributed by atoms with E-state index in [-0.39, 0.29) is 18.5 Å². The molecule has 0 saturated heterocycles. The maximum absolute atomic E-state index is 14.9. The lowest BCUT2D eigenvalue weighted by molar-refractivity contribution is -0.192. The number of nitrogens with zero attached hydrogens (tertiary/aromatic N) is 2. The highest BCUT2D eigenvalue weighted by atomic mass is 19.4. The first-order valence-corrected chi connectivity index (χ1v) is 15.0. The third-order valence-corrected chi connectivity index (χ3v) is 7.29. The molecule has 0 saturated carbocycles. The zero-order chi connectivity index (χ0) is 38.0. The summed E-state index contributed by atoms with van der Waals surface area (Å²) in [7, 11) is 0. The Morgan fingerprint density at radius 2 is 1.56 bits per heavy atom. The van der Waals surface area contributed by atoms with E-state index < -0.39 is 78.3 Å². The monoisotopic (exact) mass is 714 g/mol. The summed E-state index contributed by atoms with van der Waals surface area (Å²) in [5, 5.41) is 37.5. The van der Waals surface area contributed by atoms with Crippen LogP contribution >= 0.6 is 0 Å². The number of carboxylic acids is 2. The van der Waals surface area contributed by atoms with Crippen molar-refractivity contribution in [2.24, 2.45) is 11.1 Å². The summed E-state index contributed by atoms with van der Waals surface area (Å²) in [4.78, 5) is 47.3. The van der Waals surface area contributed by atoms with Gasteiger partial charge in [-0.05, 0) is 41.7 Å². The molecule has 0 aliphatic heterocycles. The summed E-state index contributed by atoms with van der Waals surface area (Å²) < 4.78 is 62.6. The Hall–Kier alpha value is -4.87. The molecule has 0 fully saturated rings. The first kappa shape index (κ1) is 41.3. The average molecular weight is 715 g/mol. The number of aliphatic hydroxyl groups is 2. The molecule has 17 heteroatoms. The number of rotatable bonds is 13. The Labute approximate surface area is 283 Å². The molecular weight excluding hydrogens is 675 g/mol. The molecule has 7 N–H and O–H groups in total. The number of carbonyl (C=O) groups excluding carboxylic acids is 2. The van der Waals surface area contributed by atoms with Gasteiger partial charge in [0.2, 0.25) is 11.8 Å². The smallest absolute Gasteiger partial charge is 0.480 e. The molecule has 50 heavy (non-hydrogen) atoms. The molecule has 0 unspecified atom stereocenters. The largest absolute Gasteiger partial charge is 0.490 e. The van der Waals surface area contributed by atoms with E-state index in [2.05, 4.69) is 5.32 Å². The van der Waals surface area contributed by atoms with Gasteiger partial charge >= 0.3 is 18.1 Å². The number of carbonyl (C=O) groups is 4. The lowest BCUT2D eigenvalue weighted by atomic mass is 9.82. The second-order valence-corrected chi connectivity index (χ2v) is 12.2. The van der Waals surface area contributed by atoms with Crippen molar-refractivity contribution in [3.8, 4) is 11.1 Å². The SMILES string of the molecule is CC(C)(C)[C@H](c1cc(-c2cc(F)ccc2F)cn1Cc1ccccc1)N(CC[C@H](N)C(=O)N[C@@H](CO)C(=O)O)C(=O)CO.O=C(O)C(F)(F)F. The summed E-state index contributed by atoms with van der Waals surface area (Å²) >= 11 is 0. The predicted octanol–water partition coefficient (Wildman–Crippen LogP) is 3.30. The van der Waals surface area contributed by atoms with E-state index in [9.17, 15) is 46.5 Å². The molecule has 0 aliphatic carbocycles. The lowest BCUT2D eigenvalue weighted by Crippen LogP contribution is -2.51. The van der Waals surface area contributed by atoms with Gasteiger partial charge in [-0.25, -0.2) is 18.4 Å². The minimum absolute atomic E-state index is 0.0383. The topological polar surface area (TPSA) is 195 Å². The fourth-order valence-electron chi connectivity index (χ4n) is 4.97. The first-order chi connectivity index (χ1) is 23.2. The molecule has 0 spiro atoms. The molecule has 0 bridgehead atoms. The molecule has 2 amide bonds. The quantitative estimate of drug-likeness (QED) is 0.144. The van der Waals surface area contributed by atoms with Crippen molar-refractivity contribution in [1.29, 1.82) is 0 Å². The van der Waals surface area contributed by atoms with Gasteiger partial charge in [-0.1, -0.05) is 51.1 Å². The number of hydrogen-bond acceptors (Lipinski definition) is 7. The molecule has 3 atom stereocenters. The summed E-state index contributed by atoms with van der Waals surface area (Å²) in [5.74, 6) is -6.92. The molecule has 3 aromatic rings. The second-order valence-electron chi connectivity index (χ2n) is 12.2. The maximum Gasteiger partial charge on any atom is 0.490 e. The minimum atomic E-state index is -5.08. The Bertz CT molecular complexity index is 1630. The van der Waals surface area contributed by atoms with Crippen LogP contribution in [0.25, 0.3) is 11.1 Å². The van der Waals surface area contributed by atoms with Gasteiger partial charge in [0.05, 0.1) is 18.7 Å². The highest BCUT2D eigenvalue weighted by Gasteiger charge is 2.39. The Kier molecular flexibility index (Phi) is 14.6. The number of nitrogens with two attached hydrogens (primary N) is 1. The summed E-state index contributed by atoms with van der Waals surface area (Å²) in [6, 6.07) is 10.7. The van der Waals surface area contributed by atoms with Crippen molar-refractivity contribution in [1.82, 2.24) is 14.8 Å². The van der Waals surface area contributed by atoms with E-state index in [4.69, 9.17) is 20.7 Å². The fraction of sp³-hybridized carbons (Fsp3) is 0.394. The predicted molar refractivity (Wildman–Crippen MR) is 169 cm³/mol. The summed E-state index contributed by atoms with van der Waals surface area (Å²) in [6.07, 6.45) is -3.51. The Morgan fingerprint density at radius 1 is 0.960 bits per heavy atom. The third kappa shape index (κ3) is 11.6. The molecule has 0 aliphatic rings. The van der Waals surface area contributed by atoms with Gasteiger partial charge in [0, 0.05) is 36.1 Å². The Morgan fingerprint density at radius 3 is 2.06 bits per heavy atom. The summed E-state index contributed by atoms with van der Waals surface area (Å²) in [6.45, 7) is 4.19. The van der Waals surface area contributed by atoms with Crippen molar-refractivity contribution in [3.63, 3.8) is 0 Å². The Balaban J connectivity index is 0.00000112. The van der Waals surface area contributed by atoms with E-state index in [1.165, 1.54) is 4.90 Å². The number of aliphatic hydroxyl groups excluding tert-OH is 2. The number of aliphatic carboxylic acids is 2. The molecule has 274 valence electrons. The van der Waals surface area contributed by atoms with Gasteiger partial charge in [-0.3, -0.25) is 9.59 Å². The van der Waals surface area contributed by atoms with Crippen molar-refractivity contribution < 1.29 is 61.6 Å². The van der Waals surface area contributed by atoms with Crippen LogP contribution in [0.1, 0.15) is 44.5 Å². The molecule has 2 aromatic carbocycles. The molecule has 0 radical (unpaired) electrons. The number of nitrogens with one attached hydrogen (secondary N) is 1. The second kappa shape index (κ2) is 17.7. The van der Waals surface area contributed by atoms with Crippen LogP contribution in [0, 0.1) is 17.0 Å². The van der Waals surface area contributed by atoms with E-state index >= 15 is 0 Å². The number of carboxylic acid groups (broad SMARTS) is 2. The number of benzene rings is 2. The highest BCUT2D eigenvalue weighted by molar-refractivity contribution is 5.87. The van der Waals surface area contributed by atoms with E-state index in [0.29, 0.717) is 17.8 Å². The number of alkyl halides is 3. The van der Waals surface area contributed by atoms with E-state index in [1.807, 2.05) is 55.7 Å². The van der Waals surface area contributed by atoms with Crippen molar-refractivity contribution in [2.45, 2.75) is 58.0 Å². The third-order valence-electron chi connectivity index (χ3n) is 7.29. The van der Waals surface area contributed by atoms with E-state index in [0.717, 1.165) is 23.8 Å². The van der Waals surface area contributed by atoms with Crippen molar-refractivity contribution in [2.75, 3.05) is 19.8 Å². The van der Waals surface area contributed by atoms with Crippen LogP contribution in [-0.2, 0) is 25.7 Å². The molecular formula is C33H39F5N4O8. The van der Waals surface area contributed by atoms with Gasteiger partial charge in [-0.2, -0.15) is 13.2 Å². The van der Waals surface area contributed by atoms with Crippen LogP contribution in [0.2, 0.25) is 0 Å². The fourth-order valence-corrected chi connectivity index (χ4v) is 4.97. The number of halogens is 5. The van der Waals surface area contributed by atoms with Crippen LogP contribution in [0.15, 0.2) is 60.8 Å². The molecule has 3 rings (SSSR count). The number of hydrogen-bond donors (Lipinski definition) is 6. The number of amides is 2. The standard InChI is InChI=1S/C31H38F2N4O6.C2HF3O2/c1-31(2,3)28(37(27(40)18-39)12-11-24(34)29(41)35-25(17-38)30(42)43)26-13-20(22-14-21(32)9-10-23(22)33)16-36(26)15-19-7-5-4-6-8-19;3-2(4,5)1(6)7/h4-10,13-14,16,24-25,28,38-39H,11-12,15,17-18,34H2,1-3H3,(H,35,41)(H,42,43);(H,6,7)/t24-,25-,28-;/m0./s1. The minimum Gasteiger partial charge on any atom is -0.480 e. The van der Waals surface area contributed by atoms with Gasteiger partial charge in [-0.15, -0.1) is 0 Å². The van der Waals surface area contributed by atoms with Gasteiger partial charge in [0.15, 0.2) is 0 Å². The zero-order valence-electron chi connectivity index (χ0n) is 27.3. The lowest BCUT2D eigenvalue weighted by Gasteiger charge is -2.41. The van der Waals surface area contributed by atoms with Crippen LogP contribution in [0.4, 0.5) is 22.0 Å². The van der Waals surface area contributed by atoms with Crippen molar-refractivity contribution >= 4 is 23.8 Å².